The molecule has 0 spiro atoms. The Labute approximate surface area is 172 Å². The molecule has 7 nitrogen and oxygen atoms in total. The number of phenolic OH excluding ortho intramolecular Hbond substituents is 2. The van der Waals surface area contributed by atoms with Gasteiger partial charge >= 0.3 is 5.69 Å². The minimum Gasteiger partial charge on any atom is -0.506 e. The summed E-state index contributed by atoms with van der Waals surface area (Å²) in [4.78, 5) is 13.1. The number of nitroso groups, excluding NO2 is 1. The summed E-state index contributed by atoms with van der Waals surface area (Å²) in [5, 5.41) is 30.4. The Bertz CT molecular complexity index is 1280. The van der Waals surface area contributed by atoms with Crippen molar-refractivity contribution < 1.29 is 15.1 Å². The summed E-state index contributed by atoms with van der Waals surface area (Å²) in [6.45, 7) is 1.83. The van der Waals surface area contributed by atoms with Crippen molar-refractivity contribution in [1.29, 1.82) is 0 Å². The van der Waals surface area contributed by atoms with Crippen LogP contribution in [-0.2, 0) is 0 Å². The number of benzene rings is 4. The fourth-order valence-electron chi connectivity index (χ4n) is 3.07. The summed E-state index contributed by atoms with van der Waals surface area (Å²) in [5.74, 6) is -0.124. The highest BCUT2D eigenvalue weighted by Gasteiger charge is 2.21. The second-order valence-electron chi connectivity index (χ2n) is 6.77. The molecule has 0 radical (unpaired) electrons. The van der Waals surface area contributed by atoms with E-state index in [0.717, 1.165) is 16.3 Å². The third-order valence-electron chi connectivity index (χ3n) is 4.61. The zero-order chi connectivity index (χ0) is 21.1. The van der Waals surface area contributed by atoms with E-state index in [1.807, 2.05) is 37.3 Å². The molecule has 30 heavy (non-hydrogen) atoms. The molecule has 0 saturated heterocycles. The van der Waals surface area contributed by atoms with Crippen molar-refractivity contribution in [2.24, 2.45) is 10.2 Å². The summed E-state index contributed by atoms with van der Waals surface area (Å²) < 4.78 is 0. The highest BCUT2D eigenvalue weighted by atomic mass is 16.3. The predicted molar refractivity (Wildman–Crippen MR) is 116 cm³/mol. The summed E-state index contributed by atoms with van der Waals surface area (Å²) in [5.41, 5.74) is 4.76. The largest absolute Gasteiger partial charge is 0.506 e. The lowest BCUT2D eigenvalue weighted by atomic mass is 10.1. The number of para-hydroxylation sites is 1. The second-order valence-corrected chi connectivity index (χ2v) is 6.77. The zero-order valence-electron chi connectivity index (χ0n) is 16.1. The molecular weight excluding hydrogens is 380 g/mol. The molecule has 0 aromatic heterocycles. The first-order chi connectivity index (χ1) is 14.5. The second kappa shape index (κ2) is 8.00. The molecule has 148 valence electrons. The van der Waals surface area contributed by atoms with E-state index < -0.39 is 0 Å². The fraction of sp³-hybridized carbons (Fsp3) is 0.0435. The van der Waals surface area contributed by atoms with Gasteiger partial charge in [-0.2, -0.15) is 0 Å². The lowest BCUT2D eigenvalue weighted by Gasteiger charge is -2.05. The number of phenols is 2. The Morgan fingerprint density at radius 2 is 1.57 bits per heavy atom. The first-order valence-corrected chi connectivity index (χ1v) is 9.28. The molecule has 4 rings (SSSR count). The fourth-order valence-corrected chi connectivity index (χ4v) is 3.07. The molecule has 0 amide bonds. The van der Waals surface area contributed by atoms with Gasteiger partial charge < -0.3 is 10.2 Å². The number of rotatable bonds is 5. The van der Waals surface area contributed by atoms with Crippen LogP contribution >= 0.6 is 0 Å². The number of azo groups is 1. The third-order valence-corrected chi connectivity index (χ3v) is 4.61. The minimum absolute atomic E-state index is 0.0121. The van der Waals surface area contributed by atoms with Gasteiger partial charge in [-0.1, -0.05) is 48.5 Å². The van der Waals surface area contributed by atoms with Gasteiger partial charge in [0.2, 0.25) is 0 Å². The van der Waals surface area contributed by atoms with Crippen molar-refractivity contribution in [2.45, 2.75) is 6.92 Å². The lowest BCUT2D eigenvalue weighted by Crippen LogP contribution is -2.10. The maximum absolute atomic E-state index is 12.6. The topological polar surface area (TPSA) is 97.3 Å². The molecule has 4 aromatic rings. The summed E-state index contributed by atoms with van der Waals surface area (Å²) >= 11 is 0. The number of nitrogens with one attached hydrogen (secondary N) is 1. The van der Waals surface area contributed by atoms with Crippen LogP contribution < -0.4 is 5.43 Å². The van der Waals surface area contributed by atoms with Gasteiger partial charge in [0.05, 0.1) is 4.91 Å². The summed E-state index contributed by atoms with van der Waals surface area (Å²) in [6.07, 6.45) is 0. The van der Waals surface area contributed by atoms with Crippen molar-refractivity contribution in [3.8, 4) is 11.5 Å². The van der Waals surface area contributed by atoms with Gasteiger partial charge in [-0.25, -0.2) is 0 Å². The first kappa shape index (κ1) is 19.1. The quantitative estimate of drug-likeness (QED) is 0.205. The summed E-state index contributed by atoms with van der Waals surface area (Å²) in [7, 11) is 0. The van der Waals surface area contributed by atoms with Crippen LogP contribution in [0.3, 0.4) is 0 Å². The van der Waals surface area contributed by atoms with Crippen LogP contribution in [0.4, 0.5) is 22.7 Å². The normalized spacial score (nSPS) is 11.1. The minimum atomic E-state index is -0.136. The predicted octanol–water partition coefficient (Wildman–Crippen LogP) is 6.41. The molecule has 7 heteroatoms. The van der Waals surface area contributed by atoms with Gasteiger partial charge in [0, 0.05) is 11.5 Å². The molecule has 0 aliphatic carbocycles. The number of hydrogen-bond donors (Lipinski definition) is 3. The highest BCUT2D eigenvalue weighted by molar-refractivity contribution is 5.95. The van der Waals surface area contributed by atoms with E-state index in [0.29, 0.717) is 21.9 Å². The average molecular weight is 399 g/mol. The van der Waals surface area contributed by atoms with E-state index in [1.165, 1.54) is 6.07 Å². The molecule has 0 aliphatic heterocycles. The average Bonchev–Trinajstić information content (AvgIpc) is 2.75. The number of aromatic hydroxyl groups is 2. The van der Waals surface area contributed by atoms with Crippen LogP contribution in [0.1, 0.15) is 5.56 Å². The van der Waals surface area contributed by atoms with Gasteiger partial charge in [0.25, 0.3) is 0 Å². The smallest absolute Gasteiger partial charge is 0.333 e. The molecule has 4 aromatic carbocycles. The van der Waals surface area contributed by atoms with Gasteiger partial charge in [-0.15, -0.1) is 15.7 Å². The Morgan fingerprint density at radius 3 is 2.43 bits per heavy atom. The maximum Gasteiger partial charge on any atom is 0.333 e. The number of hydrazine groups is 1. The van der Waals surface area contributed by atoms with Crippen molar-refractivity contribution in [2.75, 3.05) is 5.43 Å². The van der Waals surface area contributed by atoms with E-state index in [4.69, 9.17) is 0 Å². The Kier molecular flexibility index (Phi) is 5.09. The van der Waals surface area contributed by atoms with Crippen LogP contribution in [0, 0.1) is 11.8 Å². The van der Waals surface area contributed by atoms with Crippen LogP contribution in [0.15, 0.2) is 89.1 Å². The van der Waals surface area contributed by atoms with Crippen molar-refractivity contribution >= 4 is 33.5 Å². The maximum atomic E-state index is 12.6. The van der Waals surface area contributed by atoms with Gasteiger partial charge in [0.1, 0.15) is 22.8 Å². The van der Waals surface area contributed by atoms with E-state index in [9.17, 15) is 15.1 Å². The molecule has 0 saturated carbocycles. The Hall–Kier alpha value is -4.26. The molecular formula is C23H19N4O3+. The Morgan fingerprint density at radius 1 is 0.833 bits per heavy atom. The number of hydrogen-bond acceptors (Lipinski definition) is 5. The van der Waals surface area contributed by atoms with Crippen LogP contribution in [0.25, 0.3) is 10.8 Å². The van der Waals surface area contributed by atoms with Crippen molar-refractivity contribution in [1.82, 2.24) is 0 Å². The van der Waals surface area contributed by atoms with Crippen LogP contribution in [-0.4, -0.2) is 15.1 Å². The van der Waals surface area contributed by atoms with Gasteiger partial charge in [-0.3, -0.25) is 0 Å². The summed E-state index contributed by atoms with van der Waals surface area (Å²) in [6, 6.07) is 22.6. The number of fused-ring (bicyclic) bond motifs is 1. The van der Waals surface area contributed by atoms with E-state index >= 15 is 0 Å². The van der Waals surface area contributed by atoms with Gasteiger partial charge in [0.15, 0.2) is 10.6 Å². The molecule has 0 unspecified atom stereocenters. The first-order valence-electron chi connectivity index (χ1n) is 9.28. The molecule has 0 heterocycles. The lowest BCUT2D eigenvalue weighted by molar-refractivity contribution is -0.428. The number of nitrogens with zero attached hydrogens (tertiary/aromatic N) is 3. The highest BCUT2D eigenvalue weighted by Crippen LogP contribution is 2.37. The van der Waals surface area contributed by atoms with Crippen molar-refractivity contribution in [3.63, 3.8) is 0 Å². The molecule has 3 N–H and O–H groups in total. The van der Waals surface area contributed by atoms with E-state index in [1.54, 1.807) is 42.5 Å². The monoisotopic (exact) mass is 399 g/mol. The molecule has 0 fully saturated rings. The SMILES string of the molecule is Cc1ccc(O)c([N+](=O)Nc2ccccc2N=Nc2c(O)ccc3ccccc23)c1. The molecule has 0 aliphatic rings. The third kappa shape index (κ3) is 3.81. The van der Waals surface area contributed by atoms with Crippen molar-refractivity contribution in [3.05, 3.63) is 89.3 Å². The number of anilines is 1. The molecule has 0 bridgehead atoms. The van der Waals surface area contributed by atoms with Crippen LogP contribution in [0.5, 0.6) is 11.5 Å². The standard InChI is InChI=1S/C23H18N4O3/c1-15-10-12-21(28)20(14-15)27(30)26-19-9-5-4-8-18(19)24-25-23-17-7-3-2-6-16(17)11-13-22(23)29/h2-14H,1H3,(H2-,24,25,26,28,29,30)/p+1. The molecule has 0 atom stereocenters. The van der Waals surface area contributed by atoms with E-state index in [2.05, 4.69) is 15.7 Å². The zero-order valence-corrected chi connectivity index (χ0v) is 16.1. The van der Waals surface area contributed by atoms with Crippen LogP contribution in [0.2, 0.25) is 0 Å². The van der Waals surface area contributed by atoms with Gasteiger partial charge in [-0.05, 0) is 42.1 Å². The Balaban J connectivity index is 1.67. The number of aryl methyl sites for hydroxylation is 1. The van der Waals surface area contributed by atoms with E-state index in [-0.39, 0.29) is 17.2 Å².